The Hall–Kier alpha value is -3.19. The van der Waals surface area contributed by atoms with Crippen molar-refractivity contribution in [2.45, 2.75) is 0 Å². The van der Waals surface area contributed by atoms with Crippen LogP contribution in [-0.4, -0.2) is 61.4 Å². The van der Waals surface area contributed by atoms with Crippen LogP contribution in [0.15, 0.2) is 54.6 Å². The van der Waals surface area contributed by atoms with Gasteiger partial charge in [-0.1, -0.05) is 18.2 Å². The molecule has 1 saturated heterocycles. The Balaban J connectivity index is 1.46. The van der Waals surface area contributed by atoms with Gasteiger partial charge < -0.3 is 15.0 Å². The summed E-state index contributed by atoms with van der Waals surface area (Å²) < 4.78 is 18.2. The lowest BCUT2D eigenvalue weighted by Crippen LogP contribution is -2.50. The van der Waals surface area contributed by atoms with Crippen LogP contribution in [0, 0.1) is 5.82 Å². The van der Waals surface area contributed by atoms with Crippen LogP contribution < -0.4 is 10.1 Å². The highest BCUT2D eigenvalue weighted by atomic mass is 19.1. The lowest BCUT2D eigenvalue weighted by atomic mass is 10.2. The predicted octanol–water partition coefficient (Wildman–Crippen LogP) is 2.63. The third-order valence-corrected chi connectivity index (χ3v) is 4.72. The summed E-state index contributed by atoms with van der Waals surface area (Å²) in [5, 5.41) is 2.75. The molecule has 2 aromatic carbocycles. The number of anilines is 1. The number of piperazine rings is 1. The molecular formula is C22H24FN3O3. The number of carbonyl (C=O) groups excluding carboxylic acids is 2. The van der Waals surface area contributed by atoms with Crippen LogP contribution in [0.1, 0.15) is 5.56 Å². The van der Waals surface area contributed by atoms with Gasteiger partial charge in [-0.15, -0.1) is 0 Å². The van der Waals surface area contributed by atoms with Crippen molar-refractivity contribution in [3.05, 3.63) is 66.0 Å². The van der Waals surface area contributed by atoms with E-state index in [4.69, 9.17) is 4.74 Å². The second-order valence-electron chi connectivity index (χ2n) is 6.73. The summed E-state index contributed by atoms with van der Waals surface area (Å²) in [5.74, 6) is 0.149. The Labute approximate surface area is 169 Å². The number of rotatable bonds is 6. The summed E-state index contributed by atoms with van der Waals surface area (Å²) in [6.07, 6.45) is 3.30. The van der Waals surface area contributed by atoms with Gasteiger partial charge in [-0.05, 0) is 36.4 Å². The van der Waals surface area contributed by atoms with E-state index in [2.05, 4.69) is 5.32 Å². The molecule has 1 fully saturated rings. The largest absolute Gasteiger partial charge is 0.496 e. The van der Waals surface area contributed by atoms with Gasteiger partial charge in [0.05, 0.1) is 13.7 Å². The second kappa shape index (κ2) is 9.84. The van der Waals surface area contributed by atoms with E-state index < -0.39 is 0 Å². The van der Waals surface area contributed by atoms with Crippen LogP contribution in [-0.2, 0) is 9.59 Å². The first-order valence-electron chi connectivity index (χ1n) is 9.43. The topological polar surface area (TPSA) is 61.9 Å². The summed E-state index contributed by atoms with van der Waals surface area (Å²) in [6, 6.07) is 13.2. The van der Waals surface area contributed by atoms with Crippen molar-refractivity contribution >= 4 is 23.6 Å². The first-order valence-corrected chi connectivity index (χ1v) is 9.43. The Morgan fingerprint density at radius 2 is 1.76 bits per heavy atom. The molecule has 6 nitrogen and oxygen atoms in total. The maximum absolute atomic E-state index is 12.9. The monoisotopic (exact) mass is 397 g/mol. The highest BCUT2D eigenvalue weighted by Crippen LogP contribution is 2.18. The molecule has 1 aliphatic heterocycles. The molecule has 0 radical (unpaired) electrons. The summed E-state index contributed by atoms with van der Waals surface area (Å²) >= 11 is 0. The molecule has 2 amide bonds. The minimum absolute atomic E-state index is 0.0636. The standard InChI is InChI=1S/C22H24FN3O3/c1-29-20-5-3-2-4-17(20)6-11-22(28)26-14-12-25(13-15-26)16-21(27)24-19-9-7-18(23)8-10-19/h2-11H,12-16H2,1H3,(H,24,27). The van der Waals surface area contributed by atoms with Crippen molar-refractivity contribution in [2.24, 2.45) is 0 Å². The Morgan fingerprint density at radius 3 is 2.45 bits per heavy atom. The van der Waals surface area contributed by atoms with E-state index in [9.17, 15) is 14.0 Å². The highest BCUT2D eigenvalue weighted by molar-refractivity contribution is 5.93. The van der Waals surface area contributed by atoms with Crippen LogP contribution in [0.25, 0.3) is 6.08 Å². The van der Waals surface area contributed by atoms with E-state index in [0.29, 0.717) is 37.6 Å². The lowest BCUT2D eigenvalue weighted by Gasteiger charge is -2.33. The van der Waals surface area contributed by atoms with E-state index >= 15 is 0 Å². The first-order chi connectivity index (χ1) is 14.0. The van der Waals surface area contributed by atoms with Gasteiger partial charge in [-0.2, -0.15) is 0 Å². The van der Waals surface area contributed by atoms with Gasteiger partial charge in [0.2, 0.25) is 11.8 Å². The number of para-hydroxylation sites is 1. The number of carbonyl (C=O) groups is 2. The number of amides is 2. The number of hydrogen-bond donors (Lipinski definition) is 1. The average molecular weight is 397 g/mol. The quantitative estimate of drug-likeness (QED) is 0.762. The number of methoxy groups -OCH3 is 1. The Bertz CT molecular complexity index is 875. The third-order valence-electron chi connectivity index (χ3n) is 4.72. The summed E-state index contributed by atoms with van der Waals surface area (Å²) in [5.41, 5.74) is 1.41. The minimum atomic E-state index is -0.344. The van der Waals surface area contributed by atoms with Gasteiger partial charge in [0.25, 0.3) is 0 Å². The number of benzene rings is 2. The summed E-state index contributed by atoms with van der Waals surface area (Å²) in [4.78, 5) is 28.3. The highest BCUT2D eigenvalue weighted by Gasteiger charge is 2.21. The number of nitrogens with one attached hydrogen (secondary N) is 1. The normalized spacial score (nSPS) is 14.8. The zero-order chi connectivity index (χ0) is 20.6. The van der Waals surface area contributed by atoms with Gasteiger partial charge in [0.15, 0.2) is 0 Å². The Morgan fingerprint density at radius 1 is 1.07 bits per heavy atom. The molecule has 0 saturated carbocycles. The third kappa shape index (κ3) is 5.89. The molecule has 1 heterocycles. The molecule has 0 atom stereocenters. The molecule has 1 N–H and O–H groups in total. The molecule has 0 aliphatic carbocycles. The lowest BCUT2D eigenvalue weighted by molar-refractivity contribution is -0.127. The molecule has 0 aromatic heterocycles. The molecule has 29 heavy (non-hydrogen) atoms. The number of nitrogens with zero attached hydrogens (tertiary/aromatic N) is 2. The molecule has 2 aromatic rings. The van der Waals surface area contributed by atoms with Crippen LogP contribution in [0.2, 0.25) is 0 Å². The Kier molecular flexibility index (Phi) is 6.97. The fourth-order valence-electron chi connectivity index (χ4n) is 3.13. The van der Waals surface area contributed by atoms with Gasteiger partial charge in [-0.25, -0.2) is 4.39 Å². The number of ether oxygens (including phenoxy) is 1. The van der Waals surface area contributed by atoms with Crippen molar-refractivity contribution in [1.82, 2.24) is 9.80 Å². The van der Waals surface area contributed by atoms with Crippen molar-refractivity contribution in [3.63, 3.8) is 0 Å². The van der Waals surface area contributed by atoms with Gasteiger partial charge >= 0.3 is 0 Å². The zero-order valence-electron chi connectivity index (χ0n) is 16.3. The van der Waals surface area contributed by atoms with Crippen LogP contribution in [0.5, 0.6) is 5.75 Å². The van der Waals surface area contributed by atoms with Crippen molar-refractivity contribution in [3.8, 4) is 5.75 Å². The van der Waals surface area contributed by atoms with E-state index in [1.54, 1.807) is 24.2 Å². The van der Waals surface area contributed by atoms with E-state index in [1.165, 1.54) is 24.3 Å². The number of hydrogen-bond acceptors (Lipinski definition) is 4. The van der Waals surface area contributed by atoms with E-state index in [0.717, 1.165) is 5.56 Å². The maximum atomic E-state index is 12.9. The fraction of sp³-hybridized carbons (Fsp3) is 0.273. The van der Waals surface area contributed by atoms with Crippen LogP contribution >= 0.6 is 0 Å². The molecule has 0 unspecified atom stereocenters. The maximum Gasteiger partial charge on any atom is 0.246 e. The van der Waals surface area contributed by atoms with Gasteiger partial charge in [0.1, 0.15) is 11.6 Å². The molecule has 152 valence electrons. The summed E-state index contributed by atoms with van der Waals surface area (Å²) in [7, 11) is 1.60. The SMILES string of the molecule is COc1ccccc1C=CC(=O)N1CCN(CC(=O)Nc2ccc(F)cc2)CC1. The number of halogens is 1. The van der Waals surface area contributed by atoms with Crippen molar-refractivity contribution in [1.29, 1.82) is 0 Å². The van der Waals surface area contributed by atoms with Crippen LogP contribution in [0.4, 0.5) is 10.1 Å². The summed E-state index contributed by atoms with van der Waals surface area (Å²) in [6.45, 7) is 2.57. The van der Waals surface area contributed by atoms with Gasteiger partial charge in [0, 0.05) is 43.5 Å². The first kappa shape index (κ1) is 20.5. The molecule has 3 rings (SSSR count). The second-order valence-corrected chi connectivity index (χ2v) is 6.73. The molecule has 7 heteroatoms. The van der Waals surface area contributed by atoms with E-state index in [-0.39, 0.29) is 24.2 Å². The molecule has 1 aliphatic rings. The van der Waals surface area contributed by atoms with Crippen molar-refractivity contribution in [2.75, 3.05) is 45.2 Å². The van der Waals surface area contributed by atoms with Crippen molar-refractivity contribution < 1.29 is 18.7 Å². The van der Waals surface area contributed by atoms with Crippen LogP contribution in [0.3, 0.4) is 0 Å². The van der Waals surface area contributed by atoms with Gasteiger partial charge in [-0.3, -0.25) is 14.5 Å². The molecule has 0 bridgehead atoms. The zero-order valence-corrected chi connectivity index (χ0v) is 16.3. The fourth-order valence-corrected chi connectivity index (χ4v) is 3.13. The average Bonchev–Trinajstić information content (AvgIpc) is 2.74. The van der Waals surface area contributed by atoms with E-state index in [1.807, 2.05) is 29.2 Å². The predicted molar refractivity (Wildman–Crippen MR) is 110 cm³/mol. The minimum Gasteiger partial charge on any atom is -0.496 e. The molecular weight excluding hydrogens is 373 g/mol. The smallest absolute Gasteiger partial charge is 0.246 e. The molecule has 0 spiro atoms.